The first-order chi connectivity index (χ1) is 5.88. The summed E-state index contributed by atoms with van der Waals surface area (Å²) in [6.45, 7) is 2.70. The lowest BCUT2D eigenvalue weighted by Crippen LogP contribution is -1.99. The van der Waals surface area contributed by atoms with E-state index in [4.69, 9.17) is 9.84 Å². The molecular formula is C9H13NO2. The van der Waals surface area contributed by atoms with Gasteiger partial charge in [-0.1, -0.05) is 6.92 Å². The van der Waals surface area contributed by atoms with Crippen LogP contribution < -0.4 is 4.74 Å². The first kappa shape index (κ1) is 9.00. The van der Waals surface area contributed by atoms with E-state index in [-0.39, 0.29) is 6.61 Å². The molecule has 1 heterocycles. The molecule has 0 radical (unpaired) electrons. The van der Waals surface area contributed by atoms with Crippen LogP contribution in [0.5, 0.6) is 5.75 Å². The Hall–Kier alpha value is -1.09. The number of hydrogen-bond acceptors (Lipinski definition) is 3. The van der Waals surface area contributed by atoms with Gasteiger partial charge in [0.15, 0.2) is 0 Å². The highest BCUT2D eigenvalue weighted by Crippen LogP contribution is 2.15. The highest BCUT2D eigenvalue weighted by Gasteiger charge is 2.00. The number of aliphatic hydroxyl groups excluding tert-OH is 1. The van der Waals surface area contributed by atoms with Gasteiger partial charge < -0.3 is 9.84 Å². The third-order valence-electron chi connectivity index (χ3n) is 1.50. The molecule has 0 atom stereocenters. The van der Waals surface area contributed by atoms with Crippen LogP contribution in [0.1, 0.15) is 18.9 Å². The average molecular weight is 167 g/mol. The summed E-state index contributed by atoms with van der Waals surface area (Å²) in [5.74, 6) is 0.682. The van der Waals surface area contributed by atoms with Crippen LogP contribution in [-0.4, -0.2) is 16.7 Å². The number of rotatable bonds is 4. The molecule has 0 bridgehead atoms. The lowest BCUT2D eigenvalue weighted by molar-refractivity contribution is 0.262. The fourth-order valence-electron chi connectivity index (χ4n) is 0.881. The van der Waals surface area contributed by atoms with E-state index in [0.29, 0.717) is 12.4 Å². The zero-order valence-corrected chi connectivity index (χ0v) is 7.16. The molecule has 1 aromatic rings. The number of aromatic nitrogens is 1. The first-order valence-corrected chi connectivity index (χ1v) is 4.05. The smallest absolute Gasteiger partial charge is 0.143 e. The van der Waals surface area contributed by atoms with Crippen molar-refractivity contribution in [3.8, 4) is 5.75 Å². The summed E-state index contributed by atoms with van der Waals surface area (Å²) in [5, 5.41) is 8.91. The van der Waals surface area contributed by atoms with Crippen molar-refractivity contribution in [3.63, 3.8) is 0 Å². The number of pyridine rings is 1. The molecule has 0 aliphatic carbocycles. The fraction of sp³-hybridized carbons (Fsp3) is 0.444. The molecule has 0 aromatic carbocycles. The second-order valence-electron chi connectivity index (χ2n) is 2.49. The summed E-state index contributed by atoms with van der Waals surface area (Å²) in [7, 11) is 0. The molecule has 3 nitrogen and oxygen atoms in total. The number of nitrogens with zero attached hydrogens (tertiary/aromatic N) is 1. The Morgan fingerprint density at radius 2 is 2.42 bits per heavy atom. The molecule has 1 aromatic heterocycles. The summed E-state index contributed by atoms with van der Waals surface area (Å²) in [4.78, 5) is 3.91. The molecule has 0 saturated heterocycles. The molecule has 3 heteroatoms. The second-order valence-corrected chi connectivity index (χ2v) is 2.49. The van der Waals surface area contributed by atoms with Crippen LogP contribution in [-0.2, 0) is 6.61 Å². The van der Waals surface area contributed by atoms with Gasteiger partial charge in [0, 0.05) is 11.8 Å². The molecular weight excluding hydrogens is 154 g/mol. The van der Waals surface area contributed by atoms with Crippen molar-refractivity contribution in [2.24, 2.45) is 0 Å². The summed E-state index contributed by atoms with van der Waals surface area (Å²) < 4.78 is 5.35. The third kappa shape index (κ3) is 2.20. The maximum absolute atomic E-state index is 8.91. The average Bonchev–Trinajstić information content (AvgIpc) is 2.15. The van der Waals surface area contributed by atoms with Crippen LogP contribution in [0.2, 0.25) is 0 Å². The predicted octanol–water partition coefficient (Wildman–Crippen LogP) is 1.36. The molecule has 1 N–H and O–H groups in total. The van der Waals surface area contributed by atoms with E-state index in [1.165, 1.54) is 0 Å². The number of hydrogen-bond donors (Lipinski definition) is 1. The van der Waals surface area contributed by atoms with Crippen molar-refractivity contribution in [3.05, 3.63) is 24.0 Å². The normalized spacial score (nSPS) is 9.83. The van der Waals surface area contributed by atoms with Crippen molar-refractivity contribution < 1.29 is 9.84 Å². The van der Waals surface area contributed by atoms with Gasteiger partial charge in [0.1, 0.15) is 5.75 Å². The van der Waals surface area contributed by atoms with Gasteiger partial charge in [0.25, 0.3) is 0 Å². The van der Waals surface area contributed by atoms with Crippen LogP contribution in [0.3, 0.4) is 0 Å². The van der Waals surface area contributed by atoms with Crippen LogP contribution >= 0.6 is 0 Å². The summed E-state index contributed by atoms with van der Waals surface area (Å²) in [6, 6.07) is 1.75. The van der Waals surface area contributed by atoms with E-state index < -0.39 is 0 Å². The lowest BCUT2D eigenvalue weighted by atomic mass is 10.2. The second kappa shape index (κ2) is 4.72. The quantitative estimate of drug-likeness (QED) is 0.736. The predicted molar refractivity (Wildman–Crippen MR) is 45.9 cm³/mol. The molecule has 0 fully saturated rings. The zero-order chi connectivity index (χ0) is 8.81. The van der Waals surface area contributed by atoms with E-state index in [9.17, 15) is 0 Å². The summed E-state index contributed by atoms with van der Waals surface area (Å²) >= 11 is 0. The van der Waals surface area contributed by atoms with Gasteiger partial charge in [0.05, 0.1) is 19.4 Å². The topological polar surface area (TPSA) is 42.4 Å². The van der Waals surface area contributed by atoms with Crippen LogP contribution in [0, 0.1) is 0 Å². The van der Waals surface area contributed by atoms with Crippen LogP contribution in [0.25, 0.3) is 0 Å². The Morgan fingerprint density at radius 3 is 3.08 bits per heavy atom. The van der Waals surface area contributed by atoms with Gasteiger partial charge in [-0.25, -0.2) is 0 Å². The van der Waals surface area contributed by atoms with E-state index >= 15 is 0 Å². The maximum Gasteiger partial charge on any atom is 0.143 e. The van der Waals surface area contributed by atoms with Gasteiger partial charge >= 0.3 is 0 Å². The Labute approximate surface area is 72.0 Å². The third-order valence-corrected chi connectivity index (χ3v) is 1.50. The molecule has 0 unspecified atom stereocenters. The minimum atomic E-state index is 0.00156. The Morgan fingerprint density at radius 1 is 1.58 bits per heavy atom. The monoisotopic (exact) mass is 167 g/mol. The molecule has 0 amide bonds. The lowest BCUT2D eigenvalue weighted by Gasteiger charge is -2.07. The van der Waals surface area contributed by atoms with E-state index in [1.807, 2.05) is 6.92 Å². The Kier molecular flexibility index (Phi) is 3.54. The summed E-state index contributed by atoms with van der Waals surface area (Å²) in [6.07, 6.45) is 4.23. The maximum atomic E-state index is 8.91. The Bertz CT molecular complexity index is 238. The van der Waals surface area contributed by atoms with Gasteiger partial charge in [-0.05, 0) is 12.5 Å². The standard InChI is InChI=1S/C9H13NO2/c1-2-5-12-9-6-10-4-3-8(9)7-11/h3-4,6,11H,2,5,7H2,1H3. The van der Waals surface area contributed by atoms with Crippen LogP contribution in [0.4, 0.5) is 0 Å². The number of ether oxygens (including phenoxy) is 1. The molecule has 1 rings (SSSR count). The molecule has 0 spiro atoms. The van der Waals surface area contributed by atoms with Crippen molar-refractivity contribution in [2.75, 3.05) is 6.61 Å². The molecule has 66 valence electrons. The van der Waals surface area contributed by atoms with Gasteiger partial charge in [-0.15, -0.1) is 0 Å². The fourth-order valence-corrected chi connectivity index (χ4v) is 0.881. The largest absolute Gasteiger partial charge is 0.492 e. The highest BCUT2D eigenvalue weighted by molar-refractivity contribution is 5.28. The Balaban J connectivity index is 2.68. The molecule has 12 heavy (non-hydrogen) atoms. The van der Waals surface area contributed by atoms with E-state index in [0.717, 1.165) is 12.0 Å². The van der Waals surface area contributed by atoms with Gasteiger partial charge in [-0.2, -0.15) is 0 Å². The SMILES string of the molecule is CCCOc1cnccc1CO. The zero-order valence-electron chi connectivity index (χ0n) is 7.16. The van der Waals surface area contributed by atoms with Gasteiger partial charge in [0.2, 0.25) is 0 Å². The van der Waals surface area contributed by atoms with Crippen molar-refractivity contribution >= 4 is 0 Å². The highest BCUT2D eigenvalue weighted by atomic mass is 16.5. The van der Waals surface area contributed by atoms with E-state index in [2.05, 4.69) is 4.98 Å². The molecule has 0 aliphatic heterocycles. The summed E-state index contributed by atoms with van der Waals surface area (Å²) in [5.41, 5.74) is 0.790. The molecule has 0 aliphatic rings. The van der Waals surface area contributed by atoms with E-state index in [1.54, 1.807) is 18.5 Å². The van der Waals surface area contributed by atoms with Crippen molar-refractivity contribution in [1.82, 2.24) is 4.98 Å². The van der Waals surface area contributed by atoms with Crippen molar-refractivity contribution in [1.29, 1.82) is 0 Å². The minimum absolute atomic E-state index is 0.00156. The van der Waals surface area contributed by atoms with Crippen molar-refractivity contribution in [2.45, 2.75) is 20.0 Å². The first-order valence-electron chi connectivity index (χ1n) is 4.05. The van der Waals surface area contributed by atoms with Crippen LogP contribution in [0.15, 0.2) is 18.5 Å². The van der Waals surface area contributed by atoms with Gasteiger partial charge in [-0.3, -0.25) is 4.98 Å². The number of aliphatic hydroxyl groups is 1. The molecule has 0 saturated carbocycles. The minimum Gasteiger partial charge on any atom is -0.492 e.